The zero-order valence-corrected chi connectivity index (χ0v) is 12.4. The second-order valence-corrected chi connectivity index (χ2v) is 4.97. The van der Waals surface area contributed by atoms with Crippen LogP contribution in [0.2, 0.25) is 0 Å². The van der Waals surface area contributed by atoms with Gasteiger partial charge in [-0.05, 0) is 38.2 Å². The van der Waals surface area contributed by atoms with Crippen molar-refractivity contribution in [1.82, 2.24) is 0 Å². The first kappa shape index (κ1) is 17.6. The van der Waals surface area contributed by atoms with Gasteiger partial charge in [0, 0.05) is 5.88 Å². The van der Waals surface area contributed by atoms with Crippen LogP contribution < -0.4 is 0 Å². The van der Waals surface area contributed by atoms with Gasteiger partial charge < -0.3 is 5.11 Å². The topological polar surface area (TPSA) is 20.2 Å². The van der Waals surface area contributed by atoms with Gasteiger partial charge in [-0.25, -0.2) is 0 Å². The molecule has 0 amide bonds. The molecule has 0 radical (unpaired) electrons. The van der Waals surface area contributed by atoms with Crippen molar-refractivity contribution >= 4 is 11.6 Å². The predicted molar refractivity (Wildman–Crippen MR) is 80.9 cm³/mol. The van der Waals surface area contributed by atoms with Crippen molar-refractivity contribution in [2.75, 3.05) is 5.88 Å². The number of aliphatic hydroxyl groups excluding tert-OH is 1. The zero-order chi connectivity index (χ0) is 13.5. The Hall–Kier alpha value is -0.450. The molecule has 1 nitrogen and oxygen atoms in total. The molecule has 0 aromatic heterocycles. The minimum Gasteiger partial charge on any atom is -0.380 e. The summed E-state index contributed by atoms with van der Waals surface area (Å²) < 4.78 is 0. The third-order valence-electron chi connectivity index (χ3n) is 2.79. The first-order chi connectivity index (χ1) is 8.81. The fraction of sp³-hybridized carbons (Fsp3) is 0.750. The van der Waals surface area contributed by atoms with Gasteiger partial charge >= 0.3 is 0 Å². The molecule has 0 saturated heterocycles. The van der Waals surface area contributed by atoms with Crippen LogP contribution in [0.15, 0.2) is 12.2 Å². The van der Waals surface area contributed by atoms with E-state index in [0.717, 1.165) is 31.6 Å². The van der Waals surface area contributed by atoms with Crippen molar-refractivity contribution in [3.05, 3.63) is 12.2 Å². The van der Waals surface area contributed by atoms with Crippen molar-refractivity contribution in [3.8, 4) is 11.8 Å². The summed E-state index contributed by atoms with van der Waals surface area (Å²) >= 11 is 5.60. The lowest BCUT2D eigenvalue weighted by molar-refractivity contribution is 0.217. The van der Waals surface area contributed by atoms with Crippen molar-refractivity contribution in [2.45, 2.75) is 70.8 Å². The summed E-state index contributed by atoms with van der Waals surface area (Å²) in [4.78, 5) is 0. The van der Waals surface area contributed by atoms with Crippen LogP contribution in [-0.4, -0.2) is 17.1 Å². The van der Waals surface area contributed by atoms with Crippen molar-refractivity contribution in [1.29, 1.82) is 0 Å². The molecule has 0 rings (SSSR count). The van der Waals surface area contributed by atoms with E-state index in [4.69, 9.17) is 11.6 Å². The number of rotatable bonds is 10. The van der Waals surface area contributed by atoms with Crippen LogP contribution in [0.1, 0.15) is 64.7 Å². The summed E-state index contributed by atoms with van der Waals surface area (Å²) in [5.41, 5.74) is 0. The van der Waals surface area contributed by atoms with Crippen LogP contribution in [0.25, 0.3) is 0 Å². The molecule has 104 valence electrons. The number of allylic oxidation sites excluding steroid dienone is 2. The van der Waals surface area contributed by atoms with E-state index in [9.17, 15) is 5.11 Å². The number of alkyl halides is 1. The third-order valence-corrected chi connectivity index (χ3v) is 3.05. The molecule has 0 aliphatic heterocycles. The molecule has 1 N–H and O–H groups in total. The van der Waals surface area contributed by atoms with Gasteiger partial charge in [-0.15, -0.1) is 11.6 Å². The van der Waals surface area contributed by atoms with Crippen LogP contribution in [0.5, 0.6) is 0 Å². The molecule has 0 heterocycles. The molecule has 0 aliphatic carbocycles. The van der Waals surface area contributed by atoms with Crippen LogP contribution in [0.3, 0.4) is 0 Å². The summed E-state index contributed by atoms with van der Waals surface area (Å²) in [6.45, 7) is 2.16. The number of hydrogen-bond donors (Lipinski definition) is 1. The largest absolute Gasteiger partial charge is 0.380 e. The van der Waals surface area contributed by atoms with E-state index in [1.165, 1.54) is 32.1 Å². The van der Waals surface area contributed by atoms with E-state index in [1.54, 1.807) is 0 Å². The van der Waals surface area contributed by atoms with E-state index in [0.29, 0.717) is 0 Å². The maximum atomic E-state index is 9.56. The zero-order valence-electron chi connectivity index (χ0n) is 11.6. The fourth-order valence-corrected chi connectivity index (χ4v) is 1.85. The number of aliphatic hydroxyl groups is 1. The summed E-state index contributed by atoms with van der Waals surface area (Å²) in [6.07, 6.45) is 13.6. The summed E-state index contributed by atoms with van der Waals surface area (Å²) in [5.74, 6) is 6.54. The minimum absolute atomic E-state index is 0.454. The van der Waals surface area contributed by atoms with Gasteiger partial charge in [-0.3, -0.25) is 0 Å². The van der Waals surface area contributed by atoms with E-state index in [1.807, 2.05) is 6.08 Å². The highest BCUT2D eigenvalue weighted by molar-refractivity contribution is 6.17. The normalized spacial score (nSPS) is 12.4. The molecule has 1 atom stereocenters. The quantitative estimate of drug-likeness (QED) is 0.347. The molecule has 0 aromatic rings. The van der Waals surface area contributed by atoms with Gasteiger partial charge in [0.1, 0.15) is 6.10 Å². The Morgan fingerprint density at radius 3 is 2.61 bits per heavy atom. The molecule has 0 aromatic carbocycles. The lowest BCUT2D eigenvalue weighted by atomic mass is 10.1. The molecule has 0 fully saturated rings. The highest BCUT2D eigenvalue weighted by Gasteiger charge is 1.96. The monoisotopic (exact) mass is 270 g/mol. The SMILES string of the molecule is CCCCC[C@@H](O)C#C/C=C/CCCCCCCl. The van der Waals surface area contributed by atoms with Gasteiger partial charge in [0.2, 0.25) is 0 Å². The fourth-order valence-electron chi connectivity index (χ4n) is 1.66. The molecule has 0 aliphatic rings. The van der Waals surface area contributed by atoms with Gasteiger partial charge in [-0.2, -0.15) is 0 Å². The number of hydrogen-bond acceptors (Lipinski definition) is 1. The van der Waals surface area contributed by atoms with E-state index in [-0.39, 0.29) is 0 Å². The van der Waals surface area contributed by atoms with Gasteiger partial charge in [0.05, 0.1) is 0 Å². The Labute approximate surface area is 118 Å². The van der Waals surface area contributed by atoms with E-state index < -0.39 is 6.10 Å². The summed E-state index contributed by atoms with van der Waals surface area (Å²) in [7, 11) is 0. The first-order valence-corrected chi connectivity index (χ1v) is 7.74. The maximum Gasteiger partial charge on any atom is 0.115 e. The van der Waals surface area contributed by atoms with Crippen molar-refractivity contribution < 1.29 is 5.11 Å². The van der Waals surface area contributed by atoms with Crippen molar-refractivity contribution in [3.63, 3.8) is 0 Å². The molecule has 0 saturated carbocycles. The Bertz CT molecular complexity index is 250. The highest BCUT2D eigenvalue weighted by atomic mass is 35.5. The van der Waals surface area contributed by atoms with E-state index >= 15 is 0 Å². The predicted octanol–water partition coefficient (Wildman–Crippen LogP) is 4.68. The van der Waals surface area contributed by atoms with E-state index in [2.05, 4.69) is 24.8 Å². The smallest absolute Gasteiger partial charge is 0.115 e. The van der Waals surface area contributed by atoms with Crippen LogP contribution in [0.4, 0.5) is 0 Å². The average Bonchev–Trinajstić information content (AvgIpc) is 2.37. The van der Waals surface area contributed by atoms with Gasteiger partial charge in [0.25, 0.3) is 0 Å². The lowest BCUT2D eigenvalue weighted by Crippen LogP contribution is -2.01. The molecule has 0 unspecified atom stereocenters. The second-order valence-electron chi connectivity index (χ2n) is 4.59. The highest BCUT2D eigenvalue weighted by Crippen LogP contribution is 2.04. The first-order valence-electron chi connectivity index (χ1n) is 7.21. The van der Waals surface area contributed by atoms with Crippen LogP contribution in [0, 0.1) is 11.8 Å². The number of unbranched alkanes of at least 4 members (excludes halogenated alkanes) is 6. The minimum atomic E-state index is -0.454. The molecule has 0 spiro atoms. The Morgan fingerprint density at radius 1 is 1.11 bits per heavy atom. The summed E-state index contributed by atoms with van der Waals surface area (Å²) in [6, 6.07) is 0. The van der Waals surface area contributed by atoms with Gasteiger partial charge in [-0.1, -0.05) is 50.5 Å². The van der Waals surface area contributed by atoms with Crippen molar-refractivity contribution in [2.24, 2.45) is 0 Å². The van der Waals surface area contributed by atoms with Crippen LogP contribution in [-0.2, 0) is 0 Å². The molecule has 0 bridgehead atoms. The standard InChI is InChI=1S/C16H27ClO/c1-2-3-10-13-16(18)14-11-8-6-4-5-7-9-12-15-17/h6,8,16,18H,2-5,7,9-10,12-13,15H2,1H3/b8-6+/t16-/m1/s1. The molecular formula is C16H27ClO. The Balaban J connectivity index is 3.44. The molecule has 2 heteroatoms. The average molecular weight is 271 g/mol. The lowest BCUT2D eigenvalue weighted by Gasteiger charge is -2.00. The number of halogens is 1. The Morgan fingerprint density at radius 2 is 1.89 bits per heavy atom. The third kappa shape index (κ3) is 13.6. The summed E-state index contributed by atoms with van der Waals surface area (Å²) in [5, 5.41) is 9.56. The molecule has 18 heavy (non-hydrogen) atoms. The maximum absolute atomic E-state index is 9.56. The Kier molecular flexibility index (Phi) is 14.2. The molecular weight excluding hydrogens is 244 g/mol. The van der Waals surface area contributed by atoms with Crippen LogP contribution >= 0.6 is 11.6 Å². The second kappa shape index (κ2) is 14.6. The van der Waals surface area contributed by atoms with Gasteiger partial charge in [0.15, 0.2) is 0 Å².